The first kappa shape index (κ1) is 15.7. The summed E-state index contributed by atoms with van der Waals surface area (Å²) in [5.74, 6) is -0.992. The molecule has 0 bridgehead atoms. The Balaban J connectivity index is 2.12. The first-order valence-electron chi connectivity index (χ1n) is 7.00. The van der Waals surface area contributed by atoms with E-state index in [0.29, 0.717) is 18.8 Å². The van der Waals surface area contributed by atoms with Crippen molar-refractivity contribution in [3.8, 4) is 0 Å². The fourth-order valence-corrected chi connectivity index (χ4v) is 2.78. The van der Waals surface area contributed by atoms with E-state index in [1.807, 2.05) is 0 Å². The van der Waals surface area contributed by atoms with Gasteiger partial charge in [-0.05, 0) is 31.6 Å². The number of halogens is 1. The zero-order valence-electron chi connectivity index (χ0n) is 11.8. The lowest BCUT2D eigenvalue weighted by Crippen LogP contribution is -2.56. The second kappa shape index (κ2) is 6.39. The van der Waals surface area contributed by atoms with Crippen LogP contribution in [-0.2, 0) is 4.79 Å². The predicted octanol–water partition coefficient (Wildman–Crippen LogP) is 2.28. The Morgan fingerprint density at radius 1 is 1.38 bits per heavy atom. The van der Waals surface area contributed by atoms with Gasteiger partial charge in [0.05, 0.1) is 12.4 Å². The second-order valence-corrected chi connectivity index (χ2v) is 5.80. The number of rotatable bonds is 4. The van der Waals surface area contributed by atoms with Crippen LogP contribution in [0.15, 0.2) is 12.4 Å². The van der Waals surface area contributed by atoms with Crippen molar-refractivity contribution in [1.29, 1.82) is 0 Å². The number of carbonyl (C=O) groups excluding carboxylic acids is 1. The number of hydrogen-bond donors (Lipinski definition) is 2. The molecule has 1 saturated carbocycles. The molecular weight excluding hydrogens is 294 g/mol. The number of carboxylic acids is 1. The van der Waals surface area contributed by atoms with Gasteiger partial charge >= 0.3 is 5.97 Å². The van der Waals surface area contributed by atoms with Gasteiger partial charge in [0.15, 0.2) is 0 Å². The van der Waals surface area contributed by atoms with Crippen molar-refractivity contribution in [2.45, 2.75) is 44.6 Å². The molecule has 0 aliphatic heterocycles. The van der Waals surface area contributed by atoms with Crippen LogP contribution >= 0.6 is 11.6 Å². The van der Waals surface area contributed by atoms with E-state index >= 15 is 0 Å². The first-order chi connectivity index (χ1) is 9.97. The second-order valence-electron chi connectivity index (χ2n) is 5.42. The summed E-state index contributed by atoms with van der Waals surface area (Å²) in [5.41, 5.74) is -1.14. The highest BCUT2D eigenvalue weighted by atomic mass is 35.5. The lowest BCUT2D eigenvalue weighted by molar-refractivity contribution is -0.146. The third kappa shape index (κ3) is 3.50. The predicted molar refractivity (Wildman–Crippen MR) is 77.1 cm³/mol. The van der Waals surface area contributed by atoms with E-state index in [1.165, 1.54) is 12.4 Å². The standard InChI is InChI=1S/C14H18ClN3O3/c1-2-9-3-5-14(6-4-9,13(20)21)18-12(19)10-7-17-11(15)8-16-10/h7-9H,2-6H2,1H3,(H,18,19)(H,20,21). The van der Waals surface area contributed by atoms with Crippen molar-refractivity contribution in [3.05, 3.63) is 23.2 Å². The molecular formula is C14H18ClN3O3. The van der Waals surface area contributed by atoms with Crippen molar-refractivity contribution >= 4 is 23.5 Å². The summed E-state index contributed by atoms with van der Waals surface area (Å²) in [6.45, 7) is 2.10. The van der Waals surface area contributed by atoms with Crippen molar-refractivity contribution in [1.82, 2.24) is 15.3 Å². The first-order valence-corrected chi connectivity index (χ1v) is 7.38. The van der Waals surface area contributed by atoms with Crippen molar-refractivity contribution in [2.75, 3.05) is 0 Å². The number of nitrogens with one attached hydrogen (secondary N) is 1. The molecule has 0 saturated heterocycles. The van der Waals surface area contributed by atoms with Gasteiger partial charge in [-0.15, -0.1) is 0 Å². The van der Waals surface area contributed by atoms with Crippen LogP contribution in [0.5, 0.6) is 0 Å². The number of aromatic nitrogens is 2. The zero-order chi connectivity index (χ0) is 15.5. The Labute approximate surface area is 127 Å². The molecule has 2 rings (SSSR count). The Kier molecular flexibility index (Phi) is 4.77. The average molecular weight is 312 g/mol. The monoisotopic (exact) mass is 311 g/mol. The maximum atomic E-state index is 12.2. The molecule has 2 N–H and O–H groups in total. The maximum absolute atomic E-state index is 12.2. The van der Waals surface area contributed by atoms with Crippen LogP contribution in [0.3, 0.4) is 0 Å². The van der Waals surface area contributed by atoms with Crippen LogP contribution in [0.4, 0.5) is 0 Å². The molecule has 0 unspecified atom stereocenters. The van der Waals surface area contributed by atoms with Crippen LogP contribution in [0, 0.1) is 5.92 Å². The average Bonchev–Trinajstić information content (AvgIpc) is 2.48. The fraction of sp³-hybridized carbons (Fsp3) is 0.571. The van der Waals surface area contributed by atoms with Gasteiger partial charge in [0.2, 0.25) is 0 Å². The van der Waals surface area contributed by atoms with E-state index in [0.717, 1.165) is 19.3 Å². The number of carbonyl (C=O) groups is 2. The van der Waals surface area contributed by atoms with Crippen molar-refractivity contribution in [3.63, 3.8) is 0 Å². The van der Waals surface area contributed by atoms with Gasteiger partial charge in [0, 0.05) is 0 Å². The number of carboxylic acid groups (broad SMARTS) is 1. The summed E-state index contributed by atoms with van der Waals surface area (Å²) < 4.78 is 0. The van der Waals surface area contributed by atoms with E-state index in [9.17, 15) is 14.7 Å². The van der Waals surface area contributed by atoms with Gasteiger partial charge in [-0.1, -0.05) is 24.9 Å². The summed E-state index contributed by atoms with van der Waals surface area (Å²) in [7, 11) is 0. The molecule has 7 heteroatoms. The van der Waals surface area contributed by atoms with Crippen molar-refractivity contribution < 1.29 is 14.7 Å². The zero-order valence-corrected chi connectivity index (χ0v) is 12.6. The van der Waals surface area contributed by atoms with E-state index in [4.69, 9.17) is 11.6 Å². The minimum atomic E-state index is -1.20. The molecule has 0 radical (unpaired) electrons. The number of hydrogen-bond acceptors (Lipinski definition) is 4. The molecule has 1 aliphatic rings. The van der Waals surface area contributed by atoms with Gasteiger partial charge < -0.3 is 10.4 Å². The molecule has 1 aromatic rings. The van der Waals surface area contributed by atoms with Gasteiger partial charge in [0.25, 0.3) is 5.91 Å². The van der Waals surface area contributed by atoms with E-state index < -0.39 is 17.4 Å². The molecule has 0 atom stereocenters. The van der Waals surface area contributed by atoms with Crippen LogP contribution in [0.1, 0.15) is 49.5 Å². The van der Waals surface area contributed by atoms with Crippen LogP contribution in [0.2, 0.25) is 5.15 Å². The maximum Gasteiger partial charge on any atom is 0.329 e. The smallest absolute Gasteiger partial charge is 0.329 e. The molecule has 1 fully saturated rings. The van der Waals surface area contributed by atoms with E-state index in [-0.39, 0.29) is 10.8 Å². The summed E-state index contributed by atoms with van der Waals surface area (Å²) in [6.07, 6.45) is 6.01. The summed E-state index contributed by atoms with van der Waals surface area (Å²) >= 11 is 5.62. The molecule has 6 nitrogen and oxygen atoms in total. The Morgan fingerprint density at radius 3 is 2.52 bits per heavy atom. The molecule has 1 aromatic heterocycles. The number of nitrogens with zero attached hydrogens (tertiary/aromatic N) is 2. The quantitative estimate of drug-likeness (QED) is 0.890. The fourth-order valence-electron chi connectivity index (χ4n) is 2.68. The highest BCUT2D eigenvalue weighted by Crippen LogP contribution is 2.34. The normalized spacial score (nSPS) is 25.3. The molecule has 0 aromatic carbocycles. The summed E-state index contributed by atoms with van der Waals surface area (Å²) in [5, 5.41) is 12.3. The number of amides is 1. The molecule has 1 aliphatic carbocycles. The van der Waals surface area contributed by atoms with Gasteiger partial charge in [0.1, 0.15) is 16.4 Å². The van der Waals surface area contributed by atoms with E-state index in [2.05, 4.69) is 22.2 Å². The minimum absolute atomic E-state index is 0.0673. The number of aliphatic carboxylic acids is 1. The highest BCUT2D eigenvalue weighted by molar-refractivity contribution is 6.29. The summed E-state index contributed by atoms with van der Waals surface area (Å²) in [4.78, 5) is 31.4. The minimum Gasteiger partial charge on any atom is -0.480 e. The molecule has 1 amide bonds. The Hall–Kier alpha value is -1.69. The third-order valence-corrected chi connectivity index (χ3v) is 4.35. The Morgan fingerprint density at radius 2 is 2.05 bits per heavy atom. The molecule has 21 heavy (non-hydrogen) atoms. The van der Waals surface area contributed by atoms with Gasteiger partial charge in [-0.2, -0.15) is 0 Å². The van der Waals surface area contributed by atoms with Crippen LogP contribution in [-0.4, -0.2) is 32.5 Å². The summed E-state index contributed by atoms with van der Waals surface area (Å²) in [6, 6.07) is 0. The molecule has 114 valence electrons. The third-order valence-electron chi connectivity index (χ3n) is 4.15. The lowest BCUT2D eigenvalue weighted by atomic mass is 9.75. The van der Waals surface area contributed by atoms with Crippen molar-refractivity contribution in [2.24, 2.45) is 5.92 Å². The topological polar surface area (TPSA) is 92.2 Å². The largest absolute Gasteiger partial charge is 0.480 e. The van der Waals surface area contributed by atoms with Crippen LogP contribution < -0.4 is 5.32 Å². The SMILES string of the molecule is CCC1CCC(NC(=O)c2cnc(Cl)cn2)(C(=O)O)CC1. The highest BCUT2D eigenvalue weighted by Gasteiger charge is 2.43. The van der Waals surface area contributed by atoms with Crippen LogP contribution in [0.25, 0.3) is 0 Å². The molecule has 0 spiro atoms. The van der Waals surface area contributed by atoms with Gasteiger partial charge in [-0.3, -0.25) is 4.79 Å². The van der Waals surface area contributed by atoms with E-state index in [1.54, 1.807) is 0 Å². The lowest BCUT2D eigenvalue weighted by Gasteiger charge is -2.37. The van der Waals surface area contributed by atoms with Gasteiger partial charge in [-0.25, -0.2) is 14.8 Å². The molecule has 1 heterocycles. The Bertz CT molecular complexity index is 525.